The molecule has 0 aromatic heterocycles. The van der Waals surface area contributed by atoms with E-state index >= 15 is 0 Å². The van der Waals surface area contributed by atoms with E-state index in [1.165, 1.54) is 5.56 Å². The zero-order chi connectivity index (χ0) is 14.5. The fourth-order valence-electron chi connectivity index (χ4n) is 1.68. The van der Waals surface area contributed by atoms with Gasteiger partial charge in [0, 0.05) is 12.5 Å². The SMILES string of the molecule is COc1ccc(COCCCC/C=C/C=C/CCl)cc1. The van der Waals surface area contributed by atoms with Crippen molar-refractivity contribution in [2.24, 2.45) is 0 Å². The Labute approximate surface area is 127 Å². The fraction of sp³-hybridized carbons (Fsp3) is 0.412. The lowest BCUT2D eigenvalue weighted by Crippen LogP contribution is -1.95. The van der Waals surface area contributed by atoms with Gasteiger partial charge in [0.2, 0.25) is 0 Å². The van der Waals surface area contributed by atoms with E-state index in [9.17, 15) is 0 Å². The van der Waals surface area contributed by atoms with E-state index in [2.05, 4.69) is 6.08 Å². The topological polar surface area (TPSA) is 18.5 Å². The molecule has 0 amide bonds. The smallest absolute Gasteiger partial charge is 0.118 e. The van der Waals surface area contributed by atoms with Crippen LogP contribution >= 0.6 is 11.6 Å². The van der Waals surface area contributed by atoms with E-state index in [0.29, 0.717) is 12.5 Å². The molecule has 20 heavy (non-hydrogen) atoms. The third-order valence-corrected chi connectivity index (χ3v) is 2.99. The first-order valence-corrected chi connectivity index (χ1v) is 7.48. The minimum absolute atomic E-state index is 0.573. The maximum absolute atomic E-state index is 5.64. The van der Waals surface area contributed by atoms with E-state index in [0.717, 1.165) is 31.6 Å². The van der Waals surface area contributed by atoms with Crippen LogP contribution in [0.15, 0.2) is 48.6 Å². The molecule has 0 fully saturated rings. The predicted octanol–water partition coefficient (Wildman–Crippen LogP) is 4.73. The van der Waals surface area contributed by atoms with E-state index in [1.54, 1.807) is 7.11 Å². The summed E-state index contributed by atoms with van der Waals surface area (Å²) < 4.78 is 10.8. The van der Waals surface area contributed by atoms with E-state index < -0.39 is 0 Å². The highest BCUT2D eigenvalue weighted by Crippen LogP contribution is 2.12. The molecule has 0 aliphatic heterocycles. The molecular formula is C17H23ClO2. The van der Waals surface area contributed by atoms with Crippen molar-refractivity contribution in [3.8, 4) is 5.75 Å². The molecule has 0 atom stereocenters. The Morgan fingerprint density at radius 3 is 2.50 bits per heavy atom. The van der Waals surface area contributed by atoms with Crippen LogP contribution in [0.3, 0.4) is 0 Å². The van der Waals surface area contributed by atoms with Crippen LogP contribution in [0.1, 0.15) is 24.8 Å². The summed E-state index contributed by atoms with van der Waals surface area (Å²) in [6.45, 7) is 1.47. The lowest BCUT2D eigenvalue weighted by atomic mass is 10.2. The zero-order valence-corrected chi connectivity index (χ0v) is 12.8. The number of benzene rings is 1. The normalized spacial score (nSPS) is 11.5. The summed E-state index contributed by atoms with van der Waals surface area (Å²) in [7, 11) is 1.67. The molecule has 1 rings (SSSR count). The van der Waals surface area contributed by atoms with Crippen LogP contribution in [0.4, 0.5) is 0 Å². The fourth-order valence-corrected chi connectivity index (χ4v) is 1.79. The molecule has 110 valence electrons. The maximum atomic E-state index is 5.64. The highest BCUT2D eigenvalue weighted by atomic mass is 35.5. The third-order valence-electron chi connectivity index (χ3n) is 2.81. The lowest BCUT2D eigenvalue weighted by Gasteiger charge is -2.05. The number of alkyl halides is 1. The summed E-state index contributed by atoms with van der Waals surface area (Å²) in [5, 5.41) is 0. The van der Waals surface area contributed by atoms with Crippen LogP contribution < -0.4 is 4.74 Å². The minimum atomic E-state index is 0.573. The minimum Gasteiger partial charge on any atom is -0.497 e. The number of unbranched alkanes of at least 4 members (excludes halogenated alkanes) is 2. The van der Waals surface area contributed by atoms with Gasteiger partial charge in [0.05, 0.1) is 13.7 Å². The van der Waals surface area contributed by atoms with Crippen molar-refractivity contribution in [1.29, 1.82) is 0 Å². The quantitative estimate of drug-likeness (QED) is 0.353. The third kappa shape index (κ3) is 8.03. The molecule has 2 nitrogen and oxygen atoms in total. The Bertz CT molecular complexity index is 396. The van der Waals surface area contributed by atoms with E-state index in [-0.39, 0.29) is 0 Å². The number of allylic oxidation sites excluding steroid dienone is 4. The summed E-state index contributed by atoms with van der Waals surface area (Å²) in [6.07, 6.45) is 11.4. The first kappa shape index (κ1) is 16.8. The second-order valence-electron chi connectivity index (χ2n) is 4.41. The Hall–Kier alpha value is -1.25. The van der Waals surface area contributed by atoms with Crippen molar-refractivity contribution in [1.82, 2.24) is 0 Å². The number of hydrogen-bond donors (Lipinski definition) is 0. The average Bonchev–Trinajstić information content (AvgIpc) is 2.50. The monoisotopic (exact) mass is 294 g/mol. The van der Waals surface area contributed by atoms with Gasteiger partial charge in [0.25, 0.3) is 0 Å². The van der Waals surface area contributed by atoms with Gasteiger partial charge in [0.1, 0.15) is 5.75 Å². The highest BCUT2D eigenvalue weighted by Gasteiger charge is 1.94. The highest BCUT2D eigenvalue weighted by molar-refractivity contribution is 6.18. The number of halogens is 1. The summed E-state index contributed by atoms with van der Waals surface area (Å²) in [4.78, 5) is 0. The van der Waals surface area contributed by atoms with Crippen LogP contribution in [0.2, 0.25) is 0 Å². The van der Waals surface area contributed by atoms with E-state index in [4.69, 9.17) is 21.1 Å². The average molecular weight is 295 g/mol. The largest absolute Gasteiger partial charge is 0.497 e. The molecule has 1 aromatic rings. The van der Waals surface area contributed by atoms with Gasteiger partial charge >= 0.3 is 0 Å². The lowest BCUT2D eigenvalue weighted by molar-refractivity contribution is 0.117. The molecule has 0 saturated heterocycles. The van der Waals surface area contributed by atoms with Gasteiger partial charge in [-0.3, -0.25) is 0 Å². The molecule has 3 heteroatoms. The molecule has 0 radical (unpaired) electrons. The maximum Gasteiger partial charge on any atom is 0.118 e. The molecule has 0 heterocycles. The molecule has 0 N–H and O–H groups in total. The van der Waals surface area contributed by atoms with Crippen molar-refractivity contribution < 1.29 is 9.47 Å². The molecule has 0 saturated carbocycles. The van der Waals surface area contributed by atoms with Crippen LogP contribution in [0, 0.1) is 0 Å². The molecule has 0 bridgehead atoms. The Morgan fingerprint density at radius 1 is 1.05 bits per heavy atom. The summed E-state index contributed by atoms with van der Waals surface area (Å²) in [5.41, 5.74) is 1.18. The number of methoxy groups -OCH3 is 1. The Balaban J connectivity index is 2.01. The molecule has 1 aromatic carbocycles. The van der Waals surface area contributed by atoms with Gasteiger partial charge in [-0.1, -0.05) is 36.4 Å². The van der Waals surface area contributed by atoms with Gasteiger partial charge in [-0.2, -0.15) is 0 Å². The van der Waals surface area contributed by atoms with Gasteiger partial charge in [-0.25, -0.2) is 0 Å². The van der Waals surface area contributed by atoms with E-state index in [1.807, 2.05) is 42.5 Å². The van der Waals surface area contributed by atoms with Crippen molar-refractivity contribution in [3.05, 3.63) is 54.1 Å². The predicted molar refractivity (Wildman–Crippen MR) is 85.5 cm³/mol. The van der Waals surface area contributed by atoms with Crippen LogP contribution in [0.25, 0.3) is 0 Å². The van der Waals surface area contributed by atoms with Crippen LogP contribution in [-0.4, -0.2) is 19.6 Å². The molecule has 0 spiro atoms. The molecular weight excluding hydrogens is 272 g/mol. The molecule has 0 aliphatic carbocycles. The summed E-state index contributed by atoms with van der Waals surface area (Å²) in [6, 6.07) is 7.98. The number of ether oxygens (including phenoxy) is 2. The molecule has 0 unspecified atom stereocenters. The van der Waals surface area contributed by atoms with Crippen LogP contribution in [0.5, 0.6) is 5.75 Å². The van der Waals surface area contributed by atoms with Gasteiger partial charge in [-0.05, 0) is 37.0 Å². The van der Waals surface area contributed by atoms with Crippen molar-refractivity contribution in [3.63, 3.8) is 0 Å². The van der Waals surface area contributed by atoms with Gasteiger partial charge < -0.3 is 9.47 Å². The standard InChI is InChI=1S/C17H23ClO2/c1-19-17-11-9-16(10-12-17)15-20-14-8-6-4-2-3-5-7-13-18/h2-3,5,7,9-12H,4,6,8,13-15H2,1H3/b3-2+,7-5+. The molecule has 0 aliphatic rings. The summed E-state index contributed by atoms with van der Waals surface area (Å²) in [5.74, 6) is 1.45. The Kier molecular flexibility index (Phi) is 9.72. The van der Waals surface area contributed by atoms with Gasteiger partial charge in [0.15, 0.2) is 0 Å². The van der Waals surface area contributed by atoms with Crippen molar-refractivity contribution in [2.75, 3.05) is 19.6 Å². The second-order valence-corrected chi connectivity index (χ2v) is 4.72. The van der Waals surface area contributed by atoms with Crippen molar-refractivity contribution >= 4 is 11.6 Å². The first-order valence-electron chi connectivity index (χ1n) is 6.95. The summed E-state index contributed by atoms with van der Waals surface area (Å²) >= 11 is 5.52. The first-order chi connectivity index (χ1) is 9.86. The second kappa shape index (κ2) is 11.6. The zero-order valence-electron chi connectivity index (χ0n) is 12.1. The number of rotatable bonds is 10. The Morgan fingerprint density at radius 2 is 1.80 bits per heavy atom. The number of hydrogen-bond acceptors (Lipinski definition) is 2. The van der Waals surface area contributed by atoms with Gasteiger partial charge in [-0.15, -0.1) is 11.6 Å². The van der Waals surface area contributed by atoms with Crippen LogP contribution in [-0.2, 0) is 11.3 Å². The van der Waals surface area contributed by atoms with Crippen molar-refractivity contribution in [2.45, 2.75) is 25.9 Å².